The number of likely N-dealkylation sites (tertiary alicyclic amines) is 1. The van der Waals surface area contributed by atoms with Crippen LogP contribution in [0.4, 0.5) is 13.6 Å². The summed E-state index contributed by atoms with van der Waals surface area (Å²) in [5.41, 5.74) is 1.09. The predicted octanol–water partition coefficient (Wildman–Crippen LogP) is 3.02. The molecule has 2 aromatic carbocycles. The second kappa shape index (κ2) is 16.7. The van der Waals surface area contributed by atoms with Crippen molar-refractivity contribution >= 4 is 23.8 Å². The lowest BCUT2D eigenvalue weighted by Crippen LogP contribution is -2.49. The summed E-state index contributed by atoms with van der Waals surface area (Å²) in [6.45, 7) is 3.45. The molecule has 278 valence electrons. The molecule has 0 radical (unpaired) electrons. The second-order valence-corrected chi connectivity index (χ2v) is 13.5. The van der Waals surface area contributed by atoms with E-state index in [0.29, 0.717) is 51.5 Å². The minimum atomic E-state index is -1.38. The topological polar surface area (TPSA) is 155 Å². The van der Waals surface area contributed by atoms with Gasteiger partial charge in [-0.2, -0.15) is 0 Å². The zero-order valence-corrected chi connectivity index (χ0v) is 29.0. The van der Waals surface area contributed by atoms with Crippen LogP contribution in [-0.4, -0.2) is 106 Å². The van der Waals surface area contributed by atoms with E-state index in [-0.39, 0.29) is 61.5 Å². The lowest BCUT2D eigenvalue weighted by Gasteiger charge is -2.40. The molecule has 3 saturated heterocycles. The van der Waals surface area contributed by atoms with Crippen molar-refractivity contribution in [3.05, 3.63) is 77.8 Å². The molecule has 4 atom stereocenters. The number of rotatable bonds is 13. The van der Waals surface area contributed by atoms with Crippen molar-refractivity contribution in [3.8, 4) is 11.3 Å². The molecule has 0 unspecified atom stereocenters. The fraction of sp³-hybridized carbons (Fsp3) is 0.486. The Labute approximate surface area is 300 Å². The van der Waals surface area contributed by atoms with Crippen LogP contribution >= 0.6 is 0 Å². The number of hydrogen-bond acceptors (Lipinski definition) is 9. The Balaban J connectivity index is 1.31. The van der Waals surface area contributed by atoms with E-state index in [0.717, 1.165) is 28.7 Å². The molecule has 6 rings (SSSR count). The van der Waals surface area contributed by atoms with Crippen molar-refractivity contribution in [1.29, 1.82) is 0 Å². The van der Waals surface area contributed by atoms with Crippen LogP contribution in [0.1, 0.15) is 50.0 Å². The maximum Gasteiger partial charge on any atom is 0.407 e. The zero-order chi connectivity index (χ0) is 36.8. The van der Waals surface area contributed by atoms with Gasteiger partial charge in [0.1, 0.15) is 29.7 Å². The Morgan fingerprint density at radius 1 is 1.10 bits per heavy atom. The molecule has 3 aliphatic heterocycles. The van der Waals surface area contributed by atoms with Gasteiger partial charge in [-0.05, 0) is 49.4 Å². The number of imidazole rings is 1. The van der Waals surface area contributed by atoms with Crippen molar-refractivity contribution in [2.45, 2.75) is 57.4 Å². The molecule has 3 N–H and O–H groups in total. The number of benzene rings is 2. The number of aromatic nitrogens is 2. The summed E-state index contributed by atoms with van der Waals surface area (Å²) >= 11 is 0. The van der Waals surface area contributed by atoms with Gasteiger partial charge in [-0.25, -0.2) is 18.6 Å². The van der Waals surface area contributed by atoms with Crippen LogP contribution in [0.25, 0.3) is 11.3 Å². The molecular formula is C37H44F2N6O7. The highest BCUT2D eigenvalue weighted by Gasteiger charge is 2.42. The molecule has 0 bridgehead atoms. The summed E-state index contributed by atoms with van der Waals surface area (Å²) in [7, 11) is 0. The fourth-order valence-corrected chi connectivity index (χ4v) is 7.22. The molecule has 3 aliphatic rings. The van der Waals surface area contributed by atoms with Gasteiger partial charge in [0.25, 0.3) is 5.91 Å². The lowest BCUT2D eigenvalue weighted by atomic mass is 9.88. The summed E-state index contributed by atoms with van der Waals surface area (Å²) < 4.78 is 42.9. The third-order valence-electron chi connectivity index (χ3n) is 9.89. The zero-order valence-electron chi connectivity index (χ0n) is 29.0. The standard InChI is InChI=1S/C37H44F2N6O7/c1-23(46)36(49)45(21-26-18-40-19-31(26)52-37(50)41-13-14-44-32(47)9-10-33(44)48)34(25-11-15-51-16-12-25)35-42-30(28-17-27(38)7-8-29(28)39)22-43(35)20-24-5-3-2-4-6-24/h2-8,17,22-23,25-26,31,34,40,46H,9-16,18-21H2,1H3,(H,41,50)/t23-,26-,31+,34+/m0/s1. The van der Waals surface area contributed by atoms with Gasteiger partial charge in [0.05, 0.1) is 11.7 Å². The van der Waals surface area contributed by atoms with Gasteiger partial charge in [-0.3, -0.25) is 19.3 Å². The molecular weight excluding hydrogens is 678 g/mol. The number of ether oxygens (including phenoxy) is 2. The summed E-state index contributed by atoms with van der Waals surface area (Å²) in [5, 5.41) is 16.6. The number of aliphatic hydroxyl groups excluding tert-OH is 1. The maximum absolute atomic E-state index is 15.2. The number of carbonyl (C=O) groups excluding carboxylic acids is 4. The minimum absolute atomic E-state index is 0.0230. The number of aliphatic hydroxyl groups is 1. The molecule has 0 saturated carbocycles. The second-order valence-electron chi connectivity index (χ2n) is 13.5. The smallest absolute Gasteiger partial charge is 0.407 e. The van der Waals surface area contributed by atoms with Crippen LogP contribution in [0, 0.1) is 23.5 Å². The van der Waals surface area contributed by atoms with Crippen molar-refractivity contribution in [3.63, 3.8) is 0 Å². The van der Waals surface area contributed by atoms with Gasteiger partial charge < -0.3 is 34.7 Å². The van der Waals surface area contributed by atoms with Gasteiger partial charge in [0.2, 0.25) is 11.8 Å². The monoisotopic (exact) mass is 722 g/mol. The highest BCUT2D eigenvalue weighted by molar-refractivity contribution is 6.01. The molecule has 4 amide bonds. The van der Waals surface area contributed by atoms with E-state index in [9.17, 15) is 28.7 Å². The Morgan fingerprint density at radius 3 is 2.54 bits per heavy atom. The highest BCUT2D eigenvalue weighted by atomic mass is 19.1. The van der Waals surface area contributed by atoms with E-state index < -0.39 is 47.8 Å². The third-order valence-corrected chi connectivity index (χ3v) is 9.89. The first-order chi connectivity index (χ1) is 25.1. The number of amides is 4. The normalized spacial score (nSPS) is 20.6. The Bertz CT molecular complexity index is 1730. The quantitative estimate of drug-likeness (QED) is 0.226. The van der Waals surface area contributed by atoms with Crippen molar-refractivity contribution < 1.29 is 42.5 Å². The number of hydrogen-bond donors (Lipinski definition) is 3. The average molecular weight is 723 g/mol. The Kier molecular flexibility index (Phi) is 11.9. The third kappa shape index (κ3) is 8.65. The van der Waals surface area contributed by atoms with E-state index in [1.807, 2.05) is 34.9 Å². The summed E-state index contributed by atoms with van der Waals surface area (Å²) in [5.74, 6) is -2.51. The number of nitrogens with one attached hydrogen (secondary N) is 2. The van der Waals surface area contributed by atoms with Crippen LogP contribution in [-0.2, 0) is 30.4 Å². The van der Waals surface area contributed by atoms with Crippen LogP contribution in [0.15, 0.2) is 54.7 Å². The summed E-state index contributed by atoms with van der Waals surface area (Å²) in [4.78, 5) is 58.4. The molecule has 52 heavy (non-hydrogen) atoms. The SMILES string of the molecule is C[C@H](O)C(=O)N(C[C@@H]1CNC[C@H]1OC(=O)NCCN1C(=O)CCC1=O)[C@@H](c1nc(-c2cc(F)ccc2F)cn1Cc1ccccc1)C1CCOCC1. The van der Waals surface area contributed by atoms with E-state index in [4.69, 9.17) is 14.5 Å². The molecule has 1 aromatic heterocycles. The van der Waals surface area contributed by atoms with Gasteiger partial charge in [-0.15, -0.1) is 0 Å². The number of alkyl carbamates (subject to hydrolysis) is 1. The number of halogens is 2. The molecule has 3 fully saturated rings. The van der Waals surface area contributed by atoms with Crippen molar-refractivity contribution in [2.75, 3.05) is 45.9 Å². The van der Waals surface area contributed by atoms with E-state index in [1.165, 1.54) is 6.92 Å². The fourth-order valence-electron chi connectivity index (χ4n) is 7.22. The number of imide groups is 1. The van der Waals surface area contributed by atoms with E-state index in [1.54, 1.807) is 11.1 Å². The van der Waals surface area contributed by atoms with Gasteiger partial charge >= 0.3 is 6.09 Å². The summed E-state index contributed by atoms with van der Waals surface area (Å²) in [6, 6.07) is 12.0. The average Bonchev–Trinajstić information content (AvgIpc) is 3.84. The number of nitrogens with zero attached hydrogens (tertiary/aromatic N) is 4. The molecule has 0 aliphatic carbocycles. The maximum atomic E-state index is 15.2. The molecule has 3 aromatic rings. The molecule has 0 spiro atoms. The Morgan fingerprint density at radius 2 is 1.83 bits per heavy atom. The molecule has 13 nitrogen and oxygen atoms in total. The van der Waals surface area contributed by atoms with Crippen molar-refractivity contribution in [1.82, 2.24) is 30.0 Å². The van der Waals surface area contributed by atoms with E-state index >= 15 is 4.39 Å². The van der Waals surface area contributed by atoms with Crippen LogP contribution < -0.4 is 10.6 Å². The lowest BCUT2D eigenvalue weighted by molar-refractivity contribution is -0.146. The van der Waals surface area contributed by atoms with Gasteiger partial charge in [0.15, 0.2) is 0 Å². The first-order valence-corrected chi connectivity index (χ1v) is 17.7. The van der Waals surface area contributed by atoms with E-state index in [2.05, 4.69) is 10.6 Å². The van der Waals surface area contributed by atoms with Crippen LogP contribution in [0.5, 0.6) is 0 Å². The van der Waals surface area contributed by atoms with Crippen molar-refractivity contribution in [2.24, 2.45) is 11.8 Å². The van der Waals surface area contributed by atoms with Crippen LogP contribution in [0.2, 0.25) is 0 Å². The minimum Gasteiger partial charge on any atom is -0.444 e. The predicted molar refractivity (Wildman–Crippen MR) is 183 cm³/mol. The first-order valence-electron chi connectivity index (χ1n) is 17.7. The van der Waals surface area contributed by atoms with Crippen LogP contribution in [0.3, 0.4) is 0 Å². The number of carbonyl (C=O) groups is 4. The summed E-state index contributed by atoms with van der Waals surface area (Å²) in [6.07, 6.45) is 0.354. The Hall–Kier alpha value is -4.73. The highest BCUT2D eigenvalue weighted by Crippen LogP contribution is 2.38. The molecule has 4 heterocycles. The van der Waals surface area contributed by atoms with Gasteiger partial charge in [0, 0.05) is 83.0 Å². The first kappa shape index (κ1) is 37.0. The van der Waals surface area contributed by atoms with Gasteiger partial charge in [-0.1, -0.05) is 30.3 Å². The largest absolute Gasteiger partial charge is 0.444 e. The molecule has 15 heteroatoms.